The van der Waals surface area contributed by atoms with Crippen LogP contribution in [0, 0.1) is 0 Å². The van der Waals surface area contributed by atoms with E-state index in [1.54, 1.807) is 25.3 Å². The van der Waals surface area contributed by atoms with Crippen molar-refractivity contribution in [2.24, 2.45) is 0 Å². The highest BCUT2D eigenvalue weighted by atomic mass is 35.5. The first kappa shape index (κ1) is 21.5. The number of anilines is 1. The van der Waals surface area contributed by atoms with Crippen molar-refractivity contribution in [2.75, 3.05) is 12.4 Å². The van der Waals surface area contributed by atoms with Crippen molar-refractivity contribution < 1.29 is 9.53 Å². The second-order valence-corrected chi connectivity index (χ2v) is 7.51. The van der Waals surface area contributed by atoms with Gasteiger partial charge in [0.1, 0.15) is 16.8 Å². The number of nitrogens with one attached hydrogen (secondary N) is 2. The number of nitrogens with zero attached hydrogens (tertiary/aromatic N) is 3. The van der Waals surface area contributed by atoms with Gasteiger partial charge in [0.05, 0.1) is 23.5 Å². The third-order valence-electron chi connectivity index (χ3n) is 4.48. The number of halogens is 1. The van der Waals surface area contributed by atoms with Gasteiger partial charge in [-0.25, -0.2) is 0 Å². The van der Waals surface area contributed by atoms with Crippen LogP contribution in [0.4, 0.5) is 5.69 Å². The van der Waals surface area contributed by atoms with Gasteiger partial charge >= 0.3 is 0 Å². The van der Waals surface area contributed by atoms with Gasteiger partial charge in [-0.2, -0.15) is 4.80 Å². The lowest BCUT2D eigenvalue weighted by molar-refractivity contribution is -0.115. The Bertz CT molecular complexity index is 1300. The lowest BCUT2D eigenvalue weighted by Gasteiger charge is -2.09. The summed E-state index contributed by atoms with van der Waals surface area (Å²) in [5, 5.41) is 15.0. The molecule has 0 atom stereocenters. The molecule has 160 valence electrons. The first-order chi connectivity index (χ1) is 15.5. The van der Waals surface area contributed by atoms with Gasteiger partial charge in [0.2, 0.25) is 5.91 Å². The Morgan fingerprint density at radius 3 is 2.44 bits per heavy atom. The Morgan fingerprint density at radius 2 is 1.75 bits per heavy atom. The van der Waals surface area contributed by atoms with Crippen molar-refractivity contribution in [3.05, 3.63) is 83.4 Å². The minimum atomic E-state index is -0.370. The molecular formula is C23H18ClN5O2S. The van der Waals surface area contributed by atoms with Crippen molar-refractivity contribution in [3.63, 3.8) is 0 Å². The van der Waals surface area contributed by atoms with Gasteiger partial charge in [0.15, 0.2) is 5.11 Å². The van der Waals surface area contributed by atoms with Crippen LogP contribution in [0.3, 0.4) is 0 Å². The number of carbonyl (C=O) groups excluding carboxylic acids is 1. The molecule has 4 aromatic rings. The van der Waals surface area contributed by atoms with Crippen LogP contribution < -0.4 is 15.4 Å². The van der Waals surface area contributed by atoms with Crippen LogP contribution in [-0.4, -0.2) is 33.1 Å². The Morgan fingerprint density at radius 1 is 1.06 bits per heavy atom. The zero-order chi connectivity index (χ0) is 22.5. The summed E-state index contributed by atoms with van der Waals surface area (Å²) in [6, 6.07) is 20.3. The molecule has 0 fully saturated rings. The summed E-state index contributed by atoms with van der Waals surface area (Å²) >= 11 is 11.6. The van der Waals surface area contributed by atoms with E-state index in [9.17, 15) is 4.79 Å². The quantitative estimate of drug-likeness (QED) is 0.332. The SMILES string of the molecule is COc1ccc(/C=C/C(=O)NC(=S)Nc2cc3nn(-c4ccccc4)nc3cc2Cl)cc1. The summed E-state index contributed by atoms with van der Waals surface area (Å²) in [4.78, 5) is 13.7. The Labute approximate surface area is 194 Å². The minimum absolute atomic E-state index is 0.117. The maximum atomic E-state index is 12.2. The molecule has 0 unspecified atom stereocenters. The molecule has 3 aromatic carbocycles. The van der Waals surface area contributed by atoms with E-state index >= 15 is 0 Å². The zero-order valence-corrected chi connectivity index (χ0v) is 18.5. The summed E-state index contributed by atoms with van der Waals surface area (Å²) in [6.45, 7) is 0. The highest BCUT2D eigenvalue weighted by Gasteiger charge is 2.11. The summed E-state index contributed by atoms with van der Waals surface area (Å²) < 4.78 is 5.11. The number of thiocarbonyl (C=S) groups is 1. The second-order valence-electron chi connectivity index (χ2n) is 6.70. The van der Waals surface area contributed by atoms with Gasteiger partial charge in [-0.1, -0.05) is 41.9 Å². The number of fused-ring (bicyclic) bond motifs is 1. The number of ether oxygens (including phenoxy) is 1. The number of hydrogen-bond acceptors (Lipinski definition) is 5. The first-order valence-electron chi connectivity index (χ1n) is 9.58. The van der Waals surface area contributed by atoms with E-state index in [4.69, 9.17) is 28.6 Å². The molecule has 32 heavy (non-hydrogen) atoms. The molecule has 0 saturated carbocycles. The summed E-state index contributed by atoms with van der Waals surface area (Å²) in [6.07, 6.45) is 3.07. The van der Waals surface area contributed by atoms with Crippen LogP contribution in [0.25, 0.3) is 22.8 Å². The fourth-order valence-electron chi connectivity index (χ4n) is 2.90. The molecule has 0 aliphatic rings. The molecule has 0 spiro atoms. The van der Waals surface area contributed by atoms with Gasteiger partial charge < -0.3 is 10.1 Å². The van der Waals surface area contributed by atoms with Gasteiger partial charge in [0.25, 0.3) is 0 Å². The Hall–Kier alpha value is -3.75. The first-order valence-corrected chi connectivity index (χ1v) is 10.4. The number of rotatable bonds is 5. The zero-order valence-electron chi connectivity index (χ0n) is 16.9. The number of benzene rings is 3. The van der Waals surface area contributed by atoms with Crippen molar-refractivity contribution in [2.45, 2.75) is 0 Å². The van der Waals surface area contributed by atoms with Crippen LogP contribution in [0.1, 0.15) is 5.56 Å². The second kappa shape index (κ2) is 9.59. The molecule has 1 aromatic heterocycles. The topological polar surface area (TPSA) is 81.1 Å². The van der Waals surface area contributed by atoms with Crippen LogP contribution in [0.2, 0.25) is 5.02 Å². The lowest BCUT2D eigenvalue weighted by atomic mass is 10.2. The smallest absolute Gasteiger partial charge is 0.250 e. The molecule has 1 heterocycles. The fraction of sp³-hybridized carbons (Fsp3) is 0.0435. The number of methoxy groups -OCH3 is 1. The predicted octanol–water partition coefficient (Wildman–Crippen LogP) is 4.61. The molecule has 4 rings (SSSR count). The molecule has 7 nitrogen and oxygen atoms in total. The van der Waals surface area contributed by atoms with Crippen LogP contribution >= 0.6 is 23.8 Å². The molecule has 0 aliphatic heterocycles. The minimum Gasteiger partial charge on any atom is -0.497 e. The van der Waals surface area contributed by atoms with E-state index in [1.165, 1.54) is 10.9 Å². The number of carbonyl (C=O) groups is 1. The average Bonchev–Trinajstić information content (AvgIpc) is 3.21. The number of para-hydroxylation sites is 1. The van der Waals surface area contributed by atoms with Crippen LogP contribution in [-0.2, 0) is 4.79 Å². The van der Waals surface area contributed by atoms with E-state index in [2.05, 4.69) is 20.8 Å². The molecule has 0 bridgehead atoms. The van der Waals surface area contributed by atoms with Crippen molar-refractivity contribution in [3.8, 4) is 11.4 Å². The molecule has 2 N–H and O–H groups in total. The standard InChI is InChI=1S/C23H18ClN5O2S/c1-31-17-10-7-15(8-11-17)9-12-22(30)26-23(32)25-19-14-21-20(13-18(19)24)27-29(28-21)16-5-3-2-4-6-16/h2-14H,1H3,(H2,25,26,30,32)/b12-9+. The molecule has 0 saturated heterocycles. The van der Waals surface area contributed by atoms with Gasteiger partial charge in [-0.15, -0.1) is 10.2 Å². The van der Waals surface area contributed by atoms with Crippen LogP contribution in [0.5, 0.6) is 5.75 Å². The normalized spacial score (nSPS) is 10.9. The number of aromatic nitrogens is 3. The fourth-order valence-corrected chi connectivity index (χ4v) is 3.32. The highest BCUT2D eigenvalue weighted by molar-refractivity contribution is 7.80. The van der Waals surface area contributed by atoms with Gasteiger partial charge in [-0.05, 0) is 60.3 Å². The van der Waals surface area contributed by atoms with Crippen LogP contribution in [0.15, 0.2) is 72.8 Å². The largest absolute Gasteiger partial charge is 0.497 e. The van der Waals surface area contributed by atoms with E-state index < -0.39 is 0 Å². The maximum Gasteiger partial charge on any atom is 0.250 e. The van der Waals surface area contributed by atoms with Crippen molar-refractivity contribution >= 4 is 57.6 Å². The number of amides is 1. The molecule has 0 radical (unpaired) electrons. The lowest BCUT2D eigenvalue weighted by Crippen LogP contribution is -2.32. The number of hydrogen-bond donors (Lipinski definition) is 2. The van der Waals surface area contributed by atoms with E-state index in [0.717, 1.165) is 17.0 Å². The third kappa shape index (κ3) is 5.11. The Balaban J connectivity index is 1.42. The highest BCUT2D eigenvalue weighted by Crippen LogP contribution is 2.27. The molecule has 0 aliphatic carbocycles. The van der Waals surface area contributed by atoms with Gasteiger partial charge in [0, 0.05) is 6.08 Å². The average molecular weight is 464 g/mol. The monoisotopic (exact) mass is 463 g/mol. The summed E-state index contributed by atoms with van der Waals surface area (Å²) in [5.41, 5.74) is 3.48. The predicted molar refractivity (Wildman–Crippen MR) is 130 cm³/mol. The van der Waals surface area contributed by atoms with Gasteiger partial charge in [-0.3, -0.25) is 10.1 Å². The summed E-state index contributed by atoms with van der Waals surface area (Å²) in [7, 11) is 1.60. The Kier molecular flexibility index (Phi) is 6.44. The molecular weight excluding hydrogens is 446 g/mol. The molecule has 9 heteroatoms. The van der Waals surface area contributed by atoms with E-state index in [1.807, 2.05) is 54.6 Å². The van der Waals surface area contributed by atoms with E-state index in [-0.39, 0.29) is 11.0 Å². The van der Waals surface area contributed by atoms with Crippen molar-refractivity contribution in [1.82, 2.24) is 20.3 Å². The molecule has 1 amide bonds. The van der Waals surface area contributed by atoms with Crippen molar-refractivity contribution in [1.29, 1.82) is 0 Å². The maximum absolute atomic E-state index is 12.2. The summed E-state index contributed by atoms with van der Waals surface area (Å²) in [5.74, 6) is 0.375. The third-order valence-corrected chi connectivity index (χ3v) is 5.00. The van der Waals surface area contributed by atoms with E-state index in [0.29, 0.717) is 21.7 Å².